The SMILES string of the molecule is Cc1cc(N(Cc2cc(C3CC3)no2)S(C)(=O)=O)ccc1Br. The number of aryl methyl sites for hydroxylation is 1. The van der Waals surface area contributed by atoms with Gasteiger partial charge in [0.1, 0.15) is 0 Å². The van der Waals surface area contributed by atoms with Gasteiger partial charge in [0.15, 0.2) is 5.76 Å². The van der Waals surface area contributed by atoms with Gasteiger partial charge in [-0.3, -0.25) is 4.31 Å². The molecule has 0 radical (unpaired) electrons. The molecule has 0 bridgehead atoms. The summed E-state index contributed by atoms with van der Waals surface area (Å²) >= 11 is 3.43. The number of rotatable bonds is 5. The van der Waals surface area contributed by atoms with Gasteiger partial charge in [-0.05, 0) is 43.5 Å². The van der Waals surface area contributed by atoms with Gasteiger partial charge in [-0.1, -0.05) is 21.1 Å². The van der Waals surface area contributed by atoms with Crippen LogP contribution in [0.15, 0.2) is 33.3 Å². The lowest BCUT2D eigenvalue weighted by Gasteiger charge is -2.21. The predicted molar refractivity (Wildman–Crippen MR) is 88.4 cm³/mol. The number of halogens is 1. The van der Waals surface area contributed by atoms with Crippen LogP contribution in [0.3, 0.4) is 0 Å². The highest BCUT2D eigenvalue weighted by molar-refractivity contribution is 9.10. The molecule has 1 aromatic carbocycles. The van der Waals surface area contributed by atoms with Crippen LogP contribution in [0.2, 0.25) is 0 Å². The maximum atomic E-state index is 12.1. The quantitative estimate of drug-likeness (QED) is 0.789. The molecule has 5 nitrogen and oxygen atoms in total. The van der Waals surface area contributed by atoms with Crippen LogP contribution in [-0.2, 0) is 16.6 Å². The molecule has 2 aromatic rings. The third kappa shape index (κ3) is 3.35. The molecule has 22 heavy (non-hydrogen) atoms. The third-order valence-corrected chi connectivity index (χ3v) is 5.73. The van der Waals surface area contributed by atoms with Gasteiger partial charge < -0.3 is 4.52 Å². The number of sulfonamides is 1. The molecular formula is C15H17BrN2O3S. The van der Waals surface area contributed by atoms with Crippen molar-refractivity contribution in [3.63, 3.8) is 0 Å². The fourth-order valence-electron chi connectivity index (χ4n) is 2.30. The molecule has 3 rings (SSSR count). The van der Waals surface area contributed by atoms with Crippen molar-refractivity contribution >= 4 is 31.6 Å². The van der Waals surface area contributed by atoms with Crippen molar-refractivity contribution in [2.45, 2.75) is 32.2 Å². The molecule has 1 fully saturated rings. The molecule has 118 valence electrons. The van der Waals surface area contributed by atoms with E-state index in [0.29, 0.717) is 17.4 Å². The van der Waals surface area contributed by atoms with E-state index in [4.69, 9.17) is 4.52 Å². The summed E-state index contributed by atoms with van der Waals surface area (Å²) in [4.78, 5) is 0. The van der Waals surface area contributed by atoms with Crippen LogP contribution in [0, 0.1) is 6.92 Å². The predicted octanol–water partition coefficient (Wildman–Crippen LogP) is 3.59. The van der Waals surface area contributed by atoms with Gasteiger partial charge in [-0.2, -0.15) is 0 Å². The van der Waals surface area contributed by atoms with E-state index in [1.54, 1.807) is 6.07 Å². The highest BCUT2D eigenvalue weighted by atomic mass is 79.9. The lowest BCUT2D eigenvalue weighted by atomic mass is 10.2. The number of anilines is 1. The van der Waals surface area contributed by atoms with Crippen molar-refractivity contribution in [3.05, 3.63) is 45.8 Å². The van der Waals surface area contributed by atoms with E-state index >= 15 is 0 Å². The molecule has 7 heteroatoms. The van der Waals surface area contributed by atoms with Crippen molar-refractivity contribution < 1.29 is 12.9 Å². The number of benzene rings is 1. The van der Waals surface area contributed by atoms with E-state index in [0.717, 1.165) is 28.6 Å². The van der Waals surface area contributed by atoms with E-state index in [-0.39, 0.29) is 6.54 Å². The molecule has 1 aliphatic carbocycles. The summed E-state index contributed by atoms with van der Waals surface area (Å²) in [7, 11) is -3.41. The minimum atomic E-state index is -3.41. The van der Waals surface area contributed by atoms with E-state index in [1.807, 2.05) is 25.1 Å². The third-order valence-electron chi connectivity index (χ3n) is 3.70. The second-order valence-corrected chi connectivity index (χ2v) is 8.46. The van der Waals surface area contributed by atoms with E-state index in [1.165, 1.54) is 10.6 Å². The zero-order valence-corrected chi connectivity index (χ0v) is 14.8. The Balaban J connectivity index is 1.90. The Morgan fingerprint density at radius 3 is 2.68 bits per heavy atom. The summed E-state index contributed by atoms with van der Waals surface area (Å²) in [6.07, 6.45) is 3.46. The van der Waals surface area contributed by atoms with Crippen LogP contribution < -0.4 is 4.31 Å². The first-order chi connectivity index (χ1) is 10.3. The Morgan fingerprint density at radius 2 is 2.09 bits per heavy atom. The van der Waals surface area contributed by atoms with Crippen LogP contribution in [0.25, 0.3) is 0 Å². The average Bonchev–Trinajstić information content (AvgIpc) is 3.18. The summed E-state index contributed by atoms with van der Waals surface area (Å²) in [5.41, 5.74) is 2.52. The van der Waals surface area contributed by atoms with Gasteiger partial charge in [0, 0.05) is 16.5 Å². The first kappa shape index (κ1) is 15.6. The van der Waals surface area contributed by atoms with Crippen LogP contribution in [0.5, 0.6) is 0 Å². The van der Waals surface area contributed by atoms with Crippen molar-refractivity contribution in [1.82, 2.24) is 5.16 Å². The molecule has 1 aromatic heterocycles. The van der Waals surface area contributed by atoms with Gasteiger partial charge in [-0.25, -0.2) is 8.42 Å². The molecule has 1 saturated carbocycles. The molecule has 0 unspecified atom stereocenters. The van der Waals surface area contributed by atoms with Crippen molar-refractivity contribution in [2.75, 3.05) is 10.6 Å². The number of hydrogen-bond acceptors (Lipinski definition) is 4. The zero-order chi connectivity index (χ0) is 15.9. The highest BCUT2D eigenvalue weighted by Gasteiger charge is 2.28. The largest absolute Gasteiger partial charge is 0.359 e. The molecule has 0 saturated heterocycles. The van der Waals surface area contributed by atoms with E-state index < -0.39 is 10.0 Å². The summed E-state index contributed by atoms with van der Waals surface area (Å²) in [5.74, 6) is 1.05. The number of hydrogen-bond donors (Lipinski definition) is 0. The van der Waals surface area contributed by atoms with Gasteiger partial charge in [0.05, 0.1) is 24.2 Å². The van der Waals surface area contributed by atoms with Gasteiger partial charge in [0.2, 0.25) is 10.0 Å². The Hall–Kier alpha value is -1.34. The zero-order valence-electron chi connectivity index (χ0n) is 12.4. The number of nitrogens with zero attached hydrogens (tertiary/aromatic N) is 2. The van der Waals surface area contributed by atoms with Crippen LogP contribution in [0.1, 0.15) is 35.8 Å². The standard InChI is InChI=1S/C15H17BrN2O3S/c1-10-7-12(5-6-14(10)16)18(22(2,19)20)9-13-8-15(17-21-13)11-3-4-11/h5-8,11H,3-4,9H2,1-2H3. The first-order valence-electron chi connectivity index (χ1n) is 7.04. The average molecular weight is 385 g/mol. The number of aromatic nitrogens is 1. The van der Waals surface area contributed by atoms with Crippen molar-refractivity contribution in [2.24, 2.45) is 0 Å². The Kier molecular flexibility index (Phi) is 4.03. The van der Waals surface area contributed by atoms with Gasteiger partial charge >= 0.3 is 0 Å². The first-order valence-corrected chi connectivity index (χ1v) is 9.68. The molecule has 0 spiro atoms. The summed E-state index contributed by atoms with van der Waals surface area (Å²) in [6, 6.07) is 7.32. The summed E-state index contributed by atoms with van der Waals surface area (Å²) in [5, 5.41) is 4.03. The Morgan fingerprint density at radius 1 is 1.36 bits per heavy atom. The molecule has 0 aliphatic heterocycles. The Bertz CT molecular complexity index is 797. The second-order valence-electron chi connectivity index (χ2n) is 5.70. The fourth-order valence-corrected chi connectivity index (χ4v) is 3.41. The lowest BCUT2D eigenvalue weighted by Crippen LogP contribution is -2.29. The monoisotopic (exact) mass is 384 g/mol. The Labute approximate surface area is 138 Å². The van der Waals surface area contributed by atoms with Crippen LogP contribution in [-0.4, -0.2) is 19.8 Å². The maximum absolute atomic E-state index is 12.1. The molecule has 0 N–H and O–H groups in total. The van der Waals surface area contributed by atoms with E-state index in [9.17, 15) is 8.42 Å². The molecule has 0 amide bonds. The van der Waals surface area contributed by atoms with Gasteiger partial charge in [-0.15, -0.1) is 0 Å². The fraction of sp³-hybridized carbons (Fsp3) is 0.400. The maximum Gasteiger partial charge on any atom is 0.232 e. The summed E-state index contributed by atoms with van der Waals surface area (Å²) < 4.78 is 31.9. The molecule has 0 atom stereocenters. The smallest absolute Gasteiger partial charge is 0.232 e. The van der Waals surface area contributed by atoms with Crippen molar-refractivity contribution in [3.8, 4) is 0 Å². The lowest BCUT2D eigenvalue weighted by molar-refractivity contribution is 0.379. The van der Waals surface area contributed by atoms with E-state index in [2.05, 4.69) is 21.1 Å². The normalized spacial score (nSPS) is 15.0. The molecular weight excluding hydrogens is 368 g/mol. The van der Waals surface area contributed by atoms with Gasteiger partial charge in [0.25, 0.3) is 0 Å². The van der Waals surface area contributed by atoms with Crippen molar-refractivity contribution in [1.29, 1.82) is 0 Å². The highest BCUT2D eigenvalue weighted by Crippen LogP contribution is 2.39. The second kappa shape index (κ2) is 5.70. The topological polar surface area (TPSA) is 63.4 Å². The molecule has 1 heterocycles. The summed E-state index contributed by atoms with van der Waals surface area (Å²) in [6.45, 7) is 2.08. The van der Waals surface area contributed by atoms with Crippen LogP contribution in [0.4, 0.5) is 5.69 Å². The van der Waals surface area contributed by atoms with Crippen LogP contribution >= 0.6 is 15.9 Å². The minimum Gasteiger partial charge on any atom is -0.359 e. The molecule has 1 aliphatic rings. The minimum absolute atomic E-state index is 0.152.